The van der Waals surface area contributed by atoms with E-state index in [4.69, 9.17) is 9.47 Å². The predicted octanol–water partition coefficient (Wildman–Crippen LogP) is 1.76. The molecule has 0 unspecified atom stereocenters. The molecule has 110 valence electrons. The van der Waals surface area contributed by atoms with E-state index in [-0.39, 0.29) is 5.91 Å². The molecule has 1 aliphatic heterocycles. The lowest BCUT2D eigenvalue weighted by Crippen LogP contribution is -2.42. The van der Waals surface area contributed by atoms with E-state index in [1.165, 1.54) is 12.5 Å². The van der Waals surface area contributed by atoms with E-state index >= 15 is 0 Å². The molecule has 1 heterocycles. The number of carbonyl (C=O) groups excluding carboxylic acids is 1. The molecule has 2 rings (SSSR count). The second-order valence-electron chi connectivity index (χ2n) is 5.04. The average molecular weight is 278 g/mol. The summed E-state index contributed by atoms with van der Waals surface area (Å²) in [6.07, 6.45) is 0.907. The summed E-state index contributed by atoms with van der Waals surface area (Å²) in [6.45, 7) is 7.58. The summed E-state index contributed by atoms with van der Waals surface area (Å²) in [5.74, 6) is 1.63. The first kappa shape index (κ1) is 14.7. The number of nitrogens with zero attached hydrogens (tertiary/aromatic N) is 1. The molecule has 5 heteroatoms. The molecule has 0 fully saturated rings. The zero-order valence-corrected chi connectivity index (χ0v) is 12.3. The molecule has 1 atom stereocenters. The van der Waals surface area contributed by atoms with Crippen LogP contribution >= 0.6 is 0 Å². The number of rotatable bonds is 6. The lowest BCUT2D eigenvalue weighted by atomic mass is 10.1. The van der Waals surface area contributed by atoms with Gasteiger partial charge in [0.2, 0.25) is 12.7 Å². The smallest absolute Gasteiger partial charge is 0.231 e. The van der Waals surface area contributed by atoms with E-state index < -0.39 is 0 Å². The van der Waals surface area contributed by atoms with Crippen LogP contribution < -0.4 is 14.8 Å². The first-order valence-corrected chi connectivity index (χ1v) is 6.97. The van der Waals surface area contributed by atoms with Crippen LogP contribution in [0, 0.1) is 0 Å². The zero-order valence-electron chi connectivity index (χ0n) is 12.3. The molecule has 1 amide bonds. The third-order valence-electron chi connectivity index (χ3n) is 3.53. The number of likely N-dealkylation sites (N-methyl/N-ethyl adjacent to an activating group) is 1. The molecule has 1 aromatic rings. The highest BCUT2D eigenvalue weighted by molar-refractivity contribution is 5.72. The number of hydrogen-bond acceptors (Lipinski definition) is 4. The fourth-order valence-electron chi connectivity index (χ4n) is 2.33. The van der Waals surface area contributed by atoms with Gasteiger partial charge in [-0.05, 0) is 37.6 Å². The van der Waals surface area contributed by atoms with Crippen molar-refractivity contribution in [3.8, 4) is 11.5 Å². The Morgan fingerprint density at radius 3 is 2.85 bits per heavy atom. The maximum Gasteiger partial charge on any atom is 0.231 e. The summed E-state index contributed by atoms with van der Waals surface area (Å²) in [4.78, 5) is 13.2. The van der Waals surface area contributed by atoms with Crippen molar-refractivity contribution in [3.63, 3.8) is 0 Å². The van der Waals surface area contributed by atoms with Crippen LogP contribution in [0.5, 0.6) is 11.5 Å². The summed E-state index contributed by atoms with van der Waals surface area (Å²) >= 11 is 0. The van der Waals surface area contributed by atoms with Gasteiger partial charge in [0.25, 0.3) is 0 Å². The Kier molecular flexibility index (Phi) is 4.84. The van der Waals surface area contributed by atoms with Crippen molar-refractivity contribution in [3.05, 3.63) is 23.8 Å². The minimum Gasteiger partial charge on any atom is -0.454 e. The zero-order chi connectivity index (χ0) is 14.5. The minimum atomic E-state index is -0.00118. The van der Waals surface area contributed by atoms with Gasteiger partial charge in [-0.25, -0.2) is 0 Å². The Hall–Kier alpha value is -1.75. The van der Waals surface area contributed by atoms with Gasteiger partial charge in [0.05, 0.1) is 6.67 Å². The highest BCUT2D eigenvalue weighted by Gasteiger charge is 2.16. The number of hydrogen-bond donors (Lipinski definition) is 1. The molecule has 0 aromatic heterocycles. The van der Waals surface area contributed by atoms with Crippen LogP contribution in [-0.4, -0.2) is 36.9 Å². The van der Waals surface area contributed by atoms with Crippen molar-refractivity contribution < 1.29 is 14.3 Å². The SMILES string of the molecule is CCN(CNC(C)=O)[C@@H](C)Cc1ccc2c(c1)OCO2. The van der Waals surface area contributed by atoms with Crippen LogP contribution in [0.15, 0.2) is 18.2 Å². The van der Waals surface area contributed by atoms with Crippen LogP contribution in [0.1, 0.15) is 26.3 Å². The normalized spacial score (nSPS) is 14.4. The Morgan fingerprint density at radius 1 is 1.40 bits per heavy atom. The largest absolute Gasteiger partial charge is 0.454 e. The monoisotopic (exact) mass is 278 g/mol. The van der Waals surface area contributed by atoms with Crippen LogP contribution in [0.3, 0.4) is 0 Å². The first-order valence-electron chi connectivity index (χ1n) is 6.97. The van der Waals surface area contributed by atoms with Gasteiger partial charge in [-0.2, -0.15) is 0 Å². The minimum absolute atomic E-state index is 0.00118. The van der Waals surface area contributed by atoms with Gasteiger partial charge >= 0.3 is 0 Å². The van der Waals surface area contributed by atoms with Crippen molar-refractivity contribution in [2.45, 2.75) is 33.2 Å². The van der Waals surface area contributed by atoms with Gasteiger partial charge < -0.3 is 14.8 Å². The van der Waals surface area contributed by atoms with E-state index in [0.717, 1.165) is 24.5 Å². The number of fused-ring (bicyclic) bond motifs is 1. The number of nitrogens with one attached hydrogen (secondary N) is 1. The van der Waals surface area contributed by atoms with Crippen LogP contribution in [0.2, 0.25) is 0 Å². The fourth-order valence-corrected chi connectivity index (χ4v) is 2.33. The highest BCUT2D eigenvalue weighted by Crippen LogP contribution is 2.32. The van der Waals surface area contributed by atoms with E-state index in [2.05, 4.69) is 30.1 Å². The Bertz CT molecular complexity index is 476. The maximum absolute atomic E-state index is 11.0. The second kappa shape index (κ2) is 6.61. The number of ether oxygens (including phenoxy) is 2. The summed E-state index contributed by atoms with van der Waals surface area (Å²) in [5, 5.41) is 2.85. The molecule has 5 nitrogen and oxygen atoms in total. The molecule has 20 heavy (non-hydrogen) atoms. The lowest BCUT2D eigenvalue weighted by molar-refractivity contribution is -0.119. The van der Waals surface area contributed by atoms with Crippen LogP contribution in [0.25, 0.3) is 0 Å². The summed E-state index contributed by atoms with van der Waals surface area (Å²) in [5.41, 5.74) is 1.21. The lowest BCUT2D eigenvalue weighted by Gasteiger charge is -2.27. The van der Waals surface area contributed by atoms with E-state index in [1.54, 1.807) is 0 Å². The van der Waals surface area contributed by atoms with Crippen molar-refractivity contribution in [2.24, 2.45) is 0 Å². The second-order valence-corrected chi connectivity index (χ2v) is 5.04. The number of carbonyl (C=O) groups is 1. The van der Waals surface area contributed by atoms with Gasteiger partial charge in [-0.1, -0.05) is 13.0 Å². The molecule has 0 saturated carbocycles. The fraction of sp³-hybridized carbons (Fsp3) is 0.533. The van der Waals surface area contributed by atoms with E-state index in [1.807, 2.05) is 12.1 Å². The molecule has 1 aromatic carbocycles. The summed E-state index contributed by atoms with van der Waals surface area (Å²) in [7, 11) is 0. The standard InChI is InChI=1S/C15H22N2O3/c1-4-17(9-16-12(3)18)11(2)7-13-5-6-14-15(8-13)20-10-19-14/h5-6,8,11H,4,7,9-10H2,1-3H3,(H,16,18)/t11-/m0/s1. The molecular formula is C15H22N2O3. The number of benzene rings is 1. The van der Waals surface area contributed by atoms with Crippen molar-refractivity contribution in [2.75, 3.05) is 20.0 Å². The Labute approximate surface area is 119 Å². The van der Waals surface area contributed by atoms with Crippen molar-refractivity contribution in [1.29, 1.82) is 0 Å². The van der Waals surface area contributed by atoms with E-state index in [0.29, 0.717) is 19.5 Å². The van der Waals surface area contributed by atoms with Crippen molar-refractivity contribution in [1.82, 2.24) is 10.2 Å². The first-order chi connectivity index (χ1) is 9.60. The summed E-state index contributed by atoms with van der Waals surface area (Å²) < 4.78 is 10.7. The molecule has 0 bridgehead atoms. The summed E-state index contributed by atoms with van der Waals surface area (Å²) in [6, 6.07) is 6.39. The van der Waals surface area contributed by atoms with Gasteiger partial charge in [0, 0.05) is 13.0 Å². The van der Waals surface area contributed by atoms with E-state index in [9.17, 15) is 4.79 Å². The molecule has 0 aliphatic carbocycles. The Morgan fingerprint density at radius 2 is 2.15 bits per heavy atom. The number of amides is 1. The topological polar surface area (TPSA) is 50.8 Å². The van der Waals surface area contributed by atoms with Gasteiger partial charge in [-0.15, -0.1) is 0 Å². The Balaban J connectivity index is 1.95. The van der Waals surface area contributed by atoms with Gasteiger partial charge in [0.1, 0.15) is 0 Å². The molecule has 1 N–H and O–H groups in total. The predicted molar refractivity (Wildman–Crippen MR) is 76.8 cm³/mol. The van der Waals surface area contributed by atoms with Gasteiger partial charge in [-0.3, -0.25) is 9.69 Å². The molecular weight excluding hydrogens is 256 g/mol. The van der Waals surface area contributed by atoms with Crippen molar-refractivity contribution >= 4 is 5.91 Å². The third kappa shape index (κ3) is 3.63. The maximum atomic E-state index is 11.0. The average Bonchev–Trinajstić information content (AvgIpc) is 2.86. The molecule has 0 spiro atoms. The van der Waals surface area contributed by atoms with Gasteiger partial charge in [0.15, 0.2) is 11.5 Å². The molecule has 0 radical (unpaired) electrons. The van der Waals surface area contributed by atoms with Crippen LogP contribution in [-0.2, 0) is 11.2 Å². The molecule has 1 aliphatic rings. The quantitative estimate of drug-likeness (QED) is 0.806. The highest BCUT2D eigenvalue weighted by atomic mass is 16.7. The third-order valence-corrected chi connectivity index (χ3v) is 3.53. The van der Waals surface area contributed by atoms with Crippen LogP contribution in [0.4, 0.5) is 0 Å². The molecule has 0 saturated heterocycles.